The van der Waals surface area contributed by atoms with E-state index in [1.807, 2.05) is 37.3 Å². The molecular formula is C14H21NO2. The molecule has 1 aromatic rings. The molecule has 0 radical (unpaired) electrons. The quantitative estimate of drug-likeness (QED) is 0.689. The number of hydrogen-bond acceptors (Lipinski definition) is 3. The average molecular weight is 235 g/mol. The summed E-state index contributed by atoms with van der Waals surface area (Å²) in [6.45, 7) is 2.93. The van der Waals surface area contributed by atoms with Crippen LogP contribution in [0.5, 0.6) is 0 Å². The van der Waals surface area contributed by atoms with Crippen molar-refractivity contribution in [1.82, 2.24) is 5.32 Å². The number of hydrogen-bond donors (Lipinski definition) is 3. The summed E-state index contributed by atoms with van der Waals surface area (Å²) in [4.78, 5) is 0. The van der Waals surface area contributed by atoms with E-state index in [2.05, 4.69) is 5.32 Å². The van der Waals surface area contributed by atoms with Crippen LogP contribution in [0.3, 0.4) is 0 Å². The predicted octanol–water partition coefficient (Wildman–Crippen LogP) is 1.30. The van der Waals surface area contributed by atoms with Gasteiger partial charge >= 0.3 is 0 Å². The van der Waals surface area contributed by atoms with Gasteiger partial charge in [-0.25, -0.2) is 0 Å². The molecule has 0 aromatic heterocycles. The van der Waals surface area contributed by atoms with E-state index in [-0.39, 0.29) is 6.04 Å². The fraction of sp³-hybridized carbons (Fsp3) is 0.571. The van der Waals surface area contributed by atoms with Gasteiger partial charge in [0.2, 0.25) is 0 Å². The molecule has 94 valence electrons. The lowest BCUT2D eigenvalue weighted by molar-refractivity contribution is -0.139. The lowest BCUT2D eigenvalue weighted by Crippen LogP contribution is -2.49. The highest BCUT2D eigenvalue weighted by Gasteiger charge is 2.41. The Balaban J connectivity index is 2.16. The Morgan fingerprint density at radius 1 is 1.35 bits per heavy atom. The highest BCUT2D eigenvalue weighted by Crippen LogP contribution is 2.34. The number of benzene rings is 1. The fourth-order valence-corrected chi connectivity index (χ4v) is 2.68. The molecule has 0 saturated carbocycles. The minimum atomic E-state index is -1.29. The molecule has 1 aromatic carbocycles. The van der Waals surface area contributed by atoms with Crippen molar-refractivity contribution < 1.29 is 10.2 Å². The zero-order valence-electron chi connectivity index (χ0n) is 10.3. The Hall–Kier alpha value is -0.900. The van der Waals surface area contributed by atoms with Gasteiger partial charge in [-0.05, 0) is 31.4 Å². The van der Waals surface area contributed by atoms with Gasteiger partial charge < -0.3 is 15.5 Å². The van der Waals surface area contributed by atoms with Gasteiger partial charge in [-0.3, -0.25) is 0 Å². The topological polar surface area (TPSA) is 52.5 Å². The Morgan fingerprint density at radius 2 is 2.06 bits per heavy atom. The van der Waals surface area contributed by atoms with Crippen LogP contribution in [0.1, 0.15) is 25.3 Å². The molecule has 1 aliphatic rings. The van der Waals surface area contributed by atoms with Crippen LogP contribution in [0.2, 0.25) is 0 Å². The highest BCUT2D eigenvalue weighted by molar-refractivity contribution is 5.17. The van der Waals surface area contributed by atoms with Crippen molar-refractivity contribution in [2.75, 3.05) is 6.54 Å². The molecule has 0 unspecified atom stereocenters. The first kappa shape index (κ1) is 12.6. The Bertz CT molecular complexity index is 346. The van der Waals surface area contributed by atoms with Gasteiger partial charge in [0.05, 0.1) is 0 Å². The van der Waals surface area contributed by atoms with Crippen molar-refractivity contribution in [3.05, 3.63) is 35.9 Å². The molecule has 0 amide bonds. The molecule has 1 aliphatic heterocycles. The van der Waals surface area contributed by atoms with E-state index in [1.165, 1.54) is 0 Å². The predicted molar refractivity (Wildman–Crippen MR) is 67.5 cm³/mol. The number of aliphatic hydroxyl groups excluding tert-OH is 1. The van der Waals surface area contributed by atoms with E-state index in [0.717, 1.165) is 24.9 Å². The Kier molecular flexibility index (Phi) is 3.82. The summed E-state index contributed by atoms with van der Waals surface area (Å²) in [5, 5.41) is 22.8. The van der Waals surface area contributed by atoms with Crippen LogP contribution >= 0.6 is 0 Å². The Labute approximate surface area is 102 Å². The van der Waals surface area contributed by atoms with Gasteiger partial charge in [-0.2, -0.15) is 0 Å². The van der Waals surface area contributed by atoms with Crippen molar-refractivity contribution in [1.29, 1.82) is 0 Å². The average Bonchev–Trinajstić information content (AvgIpc) is 2.84. The van der Waals surface area contributed by atoms with E-state index in [0.29, 0.717) is 6.42 Å². The molecule has 2 rings (SSSR count). The van der Waals surface area contributed by atoms with Crippen LogP contribution in [-0.2, 0) is 6.42 Å². The molecule has 1 saturated heterocycles. The molecule has 0 bridgehead atoms. The third-order valence-corrected chi connectivity index (χ3v) is 3.87. The van der Waals surface area contributed by atoms with Crippen molar-refractivity contribution >= 4 is 0 Å². The maximum Gasteiger partial charge on any atom is 0.158 e. The van der Waals surface area contributed by atoms with E-state index >= 15 is 0 Å². The van der Waals surface area contributed by atoms with Gasteiger partial charge in [0.15, 0.2) is 6.29 Å². The summed E-state index contributed by atoms with van der Waals surface area (Å²) < 4.78 is 0. The molecule has 1 heterocycles. The van der Waals surface area contributed by atoms with E-state index in [4.69, 9.17) is 0 Å². The molecular weight excluding hydrogens is 214 g/mol. The third-order valence-electron chi connectivity index (χ3n) is 3.87. The molecule has 3 nitrogen and oxygen atoms in total. The van der Waals surface area contributed by atoms with Gasteiger partial charge in [-0.1, -0.05) is 37.3 Å². The molecule has 0 spiro atoms. The standard InChI is InChI=1S/C14H21NO2/c1-14(13(16)17,12-8-5-9-15-12)10-11-6-3-2-4-7-11/h2-4,6-7,12-13,15-17H,5,8-10H2,1H3/t12-,14+/m0/s1. The lowest BCUT2D eigenvalue weighted by atomic mass is 9.75. The maximum atomic E-state index is 9.71. The summed E-state index contributed by atoms with van der Waals surface area (Å²) in [6, 6.07) is 10.2. The molecule has 3 N–H and O–H groups in total. The minimum Gasteiger partial charge on any atom is -0.368 e. The largest absolute Gasteiger partial charge is 0.368 e. The van der Waals surface area contributed by atoms with E-state index < -0.39 is 11.7 Å². The molecule has 0 aliphatic carbocycles. The second kappa shape index (κ2) is 5.17. The molecule has 3 heteroatoms. The van der Waals surface area contributed by atoms with Crippen molar-refractivity contribution in [2.45, 2.75) is 38.5 Å². The van der Waals surface area contributed by atoms with Crippen molar-refractivity contribution in [3.8, 4) is 0 Å². The summed E-state index contributed by atoms with van der Waals surface area (Å²) in [5.74, 6) is 0. The smallest absolute Gasteiger partial charge is 0.158 e. The first-order valence-electron chi connectivity index (χ1n) is 6.26. The SMILES string of the molecule is C[C@](Cc1ccccc1)(C(O)O)[C@@H]1CCCN1. The normalized spacial score (nSPS) is 23.9. The molecule has 2 atom stereocenters. The summed E-state index contributed by atoms with van der Waals surface area (Å²) >= 11 is 0. The van der Waals surface area contributed by atoms with Crippen molar-refractivity contribution in [3.63, 3.8) is 0 Å². The first-order valence-corrected chi connectivity index (χ1v) is 6.26. The number of nitrogens with one attached hydrogen (secondary N) is 1. The van der Waals surface area contributed by atoms with Crippen LogP contribution in [0.25, 0.3) is 0 Å². The van der Waals surface area contributed by atoms with Crippen LogP contribution in [0, 0.1) is 5.41 Å². The highest BCUT2D eigenvalue weighted by atomic mass is 16.5. The van der Waals surface area contributed by atoms with Gasteiger partial charge in [-0.15, -0.1) is 0 Å². The first-order chi connectivity index (χ1) is 8.13. The Morgan fingerprint density at radius 3 is 2.59 bits per heavy atom. The summed E-state index contributed by atoms with van der Waals surface area (Å²) in [6.07, 6.45) is 1.52. The van der Waals surface area contributed by atoms with Crippen LogP contribution in [0.4, 0.5) is 0 Å². The fourth-order valence-electron chi connectivity index (χ4n) is 2.68. The zero-order chi connectivity index (χ0) is 12.3. The second-order valence-electron chi connectivity index (χ2n) is 5.19. The summed E-state index contributed by atoms with van der Waals surface area (Å²) in [5.41, 5.74) is 0.634. The second-order valence-corrected chi connectivity index (χ2v) is 5.19. The lowest BCUT2D eigenvalue weighted by Gasteiger charge is -2.37. The van der Waals surface area contributed by atoms with Gasteiger partial charge in [0.1, 0.15) is 0 Å². The van der Waals surface area contributed by atoms with E-state index in [9.17, 15) is 10.2 Å². The van der Waals surface area contributed by atoms with Crippen LogP contribution in [0.15, 0.2) is 30.3 Å². The van der Waals surface area contributed by atoms with Gasteiger partial charge in [0.25, 0.3) is 0 Å². The van der Waals surface area contributed by atoms with Crippen LogP contribution in [-0.4, -0.2) is 29.1 Å². The monoisotopic (exact) mass is 235 g/mol. The molecule has 1 fully saturated rings. The third kappa shape index (κ3) is 2.68. The minimum absolute atomic E-state index is 0.183. The maximum absolute atomic E-state index is 9.71. The number of aliphatic hydroxyl groups is 2. The van der Waals surface area contributed by atoms with Gasteiger partial charge in [0, 0.05) is 11.5 Å². The summed E-state index contributed by atoms with van der Waals surface area (Å²) in [7, 11) is 0. The van der Waals surface area contributed by atoms with E-state index in [1.54, 1.807) is 0 Å². The number of rotatable bonds is 4. The van der Waals surface area contributed by atoms with Crippen molar-refractivity contribution in [2.24, 2.45) is 5.41 Å². The zero-order valence-corrected chi connectivity index (χ0v) is 10.3. The molecule has 17 heavy (non-hydrogen) atoms. The van der Waals surface area contributed by atoms with Crippen LogP contribution < -0.4 is 5.32 Å².